The van der Waals surface area contributed by atoms with Crippen LogP contribution in [0.5, 0.6) is 0 Å². The average molecular weight is 312 g/mol. The van der Waals surface area contributed by atoms with Crippen molar-refractivity contribution in [2.45, 2.75) is 25.6 Å². The SMILES string of the molecule is NCC#CC(OCc1cc(Br)ccc1F)C1CC1. The average Bonchev–Trinajstić information content (AvgIpc) is 3.17. The predicted molar refractivity (Wildman–Crippen MR) is 72.2 cm³/mol. The summed E-state index contributed by atoms with van der Waals surface area (Å²) >= 11 is 3.32. The fourth-order valence-corrected chi connectivity index (χ4v) is 2.10. The van der Waals surface area contributed by atoms with Crippen molar-refractivity contribution in [3.8, 4) is 11.8 Å². The van der Waals surface area contributed by atoms with E-state index < -0.39 is 0 Å². The number of halogens is 2. The largest absolute Gasteiger partial charge is 0.360 e. The molecule has 18 heavy (non-hydrogen) atoms. The summed E-state index contributed by atoms with van der Waals surface area (Å²) in [5, 5.41) is 0. The second-order valence-corrected chi connectivity index (χ2v) is 5.25. The molecule has 0 spiro atoms. The van der Waals surface area contributed by atoms with E-state index in [2.05, 4.69) is 27.8 Å². The Labute approximate surface area is 115 Å². The minimum Gasteiger partial charge on any atom is -0.360 e. The van der Waals surface area contributed by atoms with Crippen molar-refractivity contribution in [2.75, 3.05) is 6.54 Å². The molecule has 0 aromatic heterocycles. The number of hydrogen-bond donors (Lipinski definition) is 1. The standard InChI is InChI=1S/C14H15BrFNO/c15-12-5-6-13(16)11(8-12)9-18-14(2-1-7-17)10-3-4-10/h5-6,8,10,14H,3-4,7,9,17H2. The quantitative estimate of drug-likeness (QED) is 0.868. The number of rotatable bonds is 4. The smallest absolute Gasteiger partial charge is 0.128 e. The second kappa shape index (κ2) is 6.33. The van der Waals surface area contributed by atoms with Crippen molar-refractivity contribution < 1.29 is 9.13 Å². The summed E-state index contributed by atoms with van der Waals surface area (Å²) in [6.07, 6.45) is 2.14. The van der Waals surface area contributed by atoms with Crippen molar-refractivity contribution in [3.05, 3.63) is 34.1 Å². The van der Waals surface area contributed by atoms with E-state index in [1.807, 2.05) is 0 Å². The van der Waals surface area contributed by atoms with Gasteiger partial charge < -0.3 is 10.5 Å². The normalized spacial score (nSPS) is 15.9. The van der Waals surface area contributed by atoms with Gasteiger partial charge in [0, 0.05) is 10.0 Å². The summed E-state index contributed by atoms with van der Waals surface area (Å²) in [5.74, 6) is 6.07. The highest BCUT2D eigenvalue weighted by molar-refractivity contribution is 9.10. The molecule has 0 aliphatic heterocycles. The molecule has 1 aliphatic carbocycles. The topological polar surface area (TPSA) is 35.2 Å². The molecule has 1 saturated carbocycles. The summed E-state index contributed by atoms with van der Waals surface area (Å²) in [7, 11) is 0. The highest BCUT2D eigenvalue weighted by Gasteiger charge is 2.30. The molecule has 0 bridgehead atoms. The first-order chi connectivity index (χ1) is 8.70. The van der Waals surface area contributed by atoms with Crippen LogP contribution in [0.25, 0.3) is 0 Å². The molecular formula is C14H15BrFNO. The zero-order valence-corrected chi connectivity index (χ0v) is 11.5. The van der Waals surface area contributed by atoms with Gasteiger partial charge in [-0.15, -0.1) is 0 Å². The van der Waals surface area contributed by atoms with Crippen LogP contribution in [-0.2, 0) is 11.3 Å². The number of benzene rings is 1. The van der Waals surface area contributed by atoms with Gasteiger partial charge >= 0.3 is 0 Å². The van der Waals surface area contributed by atoms with E-state index in [0.29, 0.717) is 18.0 Å². The molecule has 1 aliphatic rings. The van der Waals surface area contributed by atoms with E-state index in [1.54, 1.807) is 12.1 Å². The van der Waals surface area contributed by atoms with Crippen LogP contribution in [0.3, 0.4) is 0 Å². The van der Waals surface area contributed by atoms with Crippen LogP contribution in [-0.4, -0.2) is 12.6 Å². The van der Waals surface area contributed by atoms with Gasteiger partial charge in [0.15, 0.2) is 0 Å². The highest BCUT2D eigenvalue weighted by atomic mass is 79.9. The van der Waals surface area contributed by atoms with Gasteiger partial charge in [-0.3, -0.25) is 0 Å². The van der Waals surface area contributed by atoms with Crippen LogP contribution in [0, 0.1) is 23.6 Å². The van der Waals surface area contributed by atoms with E-state index in [1.165, 1.54) is 6.07 Å². The first-order valence-corrected chi connectivity index (χ1v) is 6.74. The van der Waals surface area contributed by atoms with E-state index >= 15 is 0 Å². The zero-order valence-electron chi connectivity index (χ0n) is 9.96. The lowest BCUT2D eigenvalue weighted by Gasteiger charge is -2.12. The predicted octanol–water partition coefficient (Wildman–Crippen LogP) is 2.85. The fraction of sp³-hybridized carbons (Fsp3) is 0.429. The van der Waals surface area contributed by atoms with E-state index in [4.69, 9.17) is 10.5 Å². The minimum absolute atomic E-state index is 0.119. The molecule has 0 amide bonds. The van der Waals surface area contributed by atoms with E-state index in [0.717, 1.165) is 17.3 Å². The van der Waals surface area contributed by atoms with Crippen molar-refractivity contribution in [1.29, 1.82) is 0 Å². The Bertz CT molecular complexity index is 476. The van der Waals surface area contributed by atoms with Crippen LogP contribution in [0.15, 0.2) is 22.7 Å². The van der Waals surface area contributed by atoms with Crippen LogP contribution < -0.4 is 5.73 Å². The summed E-state index contributed by atoms with van der Waals surface area (Å²) in [6.45, 7) is 0.573. The van der Waals surface area contributed by atoms with Crippen LogP contribution in [0.4, 0.5) is 4.39 Å². The molecule has 1 fully saturated rings. The first kappa shape index (κ1) is 13.5. The minimum atomic E-state index is -0.250. The molecule has 0 heterocycles. The van der Waals surface area contributed by atoms with Crippen molar-refractivity contribution >= 4 is 15.9 Å². The molecule has 1 unspecified atom stereocenters. The van der Waals surface area contributed by atoms with Crippen LogP contribution in [0.1, 0.15) is 18.4 Å². The Balaban J connectivity index is 1.98. The van der Waals surface area contributed by atoms with Crippen molar-refractivity contribution in [2.24, 2.45) is 11.7 Å². The third-order valence-electron chi connectivity index (χ3n) is 2.82. The second-order valence-electron chi connectivity index (χ2n) is 4.33. The monoisotopic (exact) mass is 311 g/mol. The molecule has 2 N–H and O–H groups in total. The Morgan fingerprint density at radius 3 is 2.94 bits per heavy atom. The molecule has 1 aromatic rings. The maximum atomic E-state index is 13.5. The summed E-state index contributed by atoms with van der Waals surface area (Å²) < 4.78 is 20.1. The lowest BCUT2D eigenvalue weighted by Crippen LogP contribution is -2.14. The maximum Gasteiger partial charge on any atom is 0.128 e. The van der Waals surface area contributed by atoms with Gasteiger partial charge in [-0.05, 0) is 37.0 Å². The number of nitrogens with two attached hydrogens (primary N) is 1. The first-order valence-electron chi connectivity index (χ1n) is 5.94. The van der Waals surface area contributed by atoms with Crippen LogP contribution >= 0.6 is 15.9 Å². The molecule has 2 rings (SSSR count). The Kier molecular flexibility index (Phi) is 4.76. The van der Waals surface area contributed by atoms with Crippen LogP contribution in [0.2, 0.25) is 0 Å². The maximum absolute atomic E-state index is 13.5. The molecule has 1 aromatic carbocycles. The Hall–Kier alpha value is -0.890. The Morgan fingerprint density at radius 2 is 2.28 bits per heavy atom. The van der Waals surface area contributed by atoms with Gasteiger partial charge in [0.2, 0.25) is 0 Å². The van der Waals surface area contributed by atoms with Gasteiger partial charge in [-0.2, -0.15) is 0 Å². The summed E-state index contributed by atoms with van der Waals surface area (Å²) in [4.78, 5) is 0. The molecule has 2 nitrogen and oxygen atoms in total. The molecule has 0 radical (unpaired) electrons. The number of ether oxygens (including phenoxy) is 1. The summed E-state index contributed by atoms with van der Waals surface area (Å²) in [5.41, 5.74) is 5.90. The van der Waals surface area contributed by atoms with Gasteiger partial charge in [0.25, 0.3) is 0 Å². The van der Waals surface area contributed by atoms with Gasteiger partial charge in [-0.1, -0.05) is 27.8 Å². The fourth-order valence-electron chi connectivity index (χ4n) is 1.69. The number of hydrogen-bond acceptors (Lipinski definition) is 2. The lowest BCUT2D eigenvalue weighted by atomic mass is 10.2. The van der Waals surface area contributed by atoms with E-state index in [-0.39, 0.29) is 18.5 Å². The molecule has 0 saturated heterocycles. The third-order valence-corrected chi connectivity index (χ3v) is 3.32. The van der Waals surface area contributed by atoms with Gasteiger partial charge in [0.1, 0.15) is 11.9 Å². The molecular weight excluding hydrogens is 297 g/mol. The lowest BCUT2D eigenvalue weighted by molar-refractivity contribution is 0.0625. The van der Waals surface area contributed by atoms with Gasteiger partial charge in [0.05, 0.1) is 13.2 Å². The van der Waals surface area contributed by atoms with E-state index in [9.17, 15) is 4.39 Å². The zero-order chi connectivity index (χ0) is 13.0. The highest BCUT2D eigenvalue weighted by Crippen LogP contribution is 2.34. The molecule has 4 heteroatoms. The van der Waals surface area contributed by atoms with Crippen molar-refractivity contribution in [1.82, 2.24) is 0 Å². The third kappa shape index (κ3) is 3.81. The van der Waals surface area contributed by atoms with Gasteiger partial charge in [-0.25, -0.2) is 4.39 Å². The summed E-state index contributed by atoms with van der Waals surface area (Å²) in [6, 6.07) is 4.83. The Morgan fingerprint density at radius 1 is 1.50 bits per heavy atom. The molecule has 1 atom stereocenters. The van der Waals surface area contributed by atoms with Crippen molar-refractivity contribution in [3.63, 3.8) is 0 Å². The molecule has 96 valence electrons.